The molecule has 0 amide bonds. The van der Waals surface area contributed by atoms with Crippen molar-refractivity contribution in [2.45, 2.75) is 0 Å². The van der Waals surface area contributed by atoms with Crippen molar-refractivity contribution in [3.8, 4) is 0 Å². The Morgan fingerprint density at radius 2 is 2.57 bits per heavy atom. The topological polar surface area (TPSA) is 28.9 Å². The fourth-order valence-electron chi connectivity index (χ4n) is 0.390. The number of hydrogen-bond donors (Lipinski definition) is 1. The van der Waals surface area contributed by atoms with E-state index in [0.717, 1.165) is 0 Å². The Bertz CT molecular complexity index is 124. The Morgan fingerprint density at radius 1 is 1.71 bits per heavy atom. The predicted octanol–water partition coefficient (Wildman–Crippen LogP) is -0.639. The highest BCUT2D eigenvalue weighted by Crippen LogP contribution is 1.61. The minimum absolute atomic E-state index is 1.57. The van der Waals surface area contributed by atoms with Crippen molar-refractivity contribution >= 4 is 0 Å². The molecule has 38 valence electrons. The van der Waals surface area contributed by atoms with Crippen molar-refractivity contribution in [1.82, 2.24) is 4.98 Å². The first-order chi connectivity index (χ1) is 3.43. The lowest BCUT2D eigenvalue weighted by atomic mass is 11.0. The van der Waals surface area contributed by atoms with E-state index in [2.05, 4.69) is 4.98 Å². The largest absolute Gasteiger partial charge is 0.339 e. The summed E-state index contributed by atoms with van der Waals surface area (Å²) in [5.41, 5.74) is 0. The lowest BCUT2D eigenvalue weighted by Gasteiger charge is -1.82. The van der Waals surface area contributed by atoms with E-state index < -0.39 is 0 Å². The molecule has 0 saturated carbocycles. The third-order valence-corrected chi connectivity index (χ3v) is 0.730. The summed E-state index contributed by atoms with van der Waals surface area (Å²) in [6, 6.07) is 0. The SMILES string of the molecule is CO[n+]1cc[nH]c1. The molecule has 0 bridgehead atoms. The number of nitrogens with zero attached hydrogens (tertiary/aromatic N) is 1. The lowest BCUT2D eigenvalue weighted by molar-refractivity contribution is -0.884. The third kappa shape index (κ3) is 0.707. The molecule has 0 aromatic carbocycles. The molecule has 0 fully saturated rings. The van der Waals surface area contributed by atoms with E-state index in [0.29, 0.717) is 0 Å². The first kappa shape index (κ1) is 4.18. The van der Waals surface area contributed by atoms with Crippen LogP contribution in [0.2, 0.25) is 0 Å². The van der Waals surface area contributed by atoms with E-state index in [4.69, 9.17) is 4.84 Å². The first-order valence-electron chi connectivity index (χ1n) is 2.02. The smallest absolute Gasteiger partial charge is 0.282 e. The molecule has 3 nitrogen and oxygen atoms in total. The second-order valence-electron chi connectivity index (χ2n) is 1.15. The quantitative estimate of drug-likeness (QED) is 0.466. The molecule has 0 aliphatic rings. The Kier molecular flexibility index (Phi) is 0.978. The molecule has 0 radical (unpaired) electrons. The Labute approximate surface area is 41.5 Å². The van der Waals surface area contributed by atoms with Gasteiger partial charge in [0.1, 0.15) is 13.3 Å². The van der Waals surface area contributed by atoms with Crippen LogP contribution in [0, 0.1) is 0 Å². The van der Waals surface area contributed by atoms with Crippen LogP contribution < -0.4 is 9.57 Å². The predicted molar refractivity (Wildman–Crippen MR) is 23.5 cm³/mol. The highest BCUT2D eigenvalue weighted by Gasteiger charge is 1.87. The number of hydrogen-bond acceptors (Lipinski definition) is 1. The van der Waals surface area contributed by atoms with E-state index in [9.17, 15) is 0 Å². The van der Waals surface area contributed by atoms with E-state index in [-0.39, 0.29) is 0 Å². The van der Waals surface area contributed by atoms with Crippen LogP contribution in [-0.2, 0) is 0 Å². The third-order valence-electron chi connectivity index (χ3n) is 0.730. The summed E-state index contributed by atoms with van der Waals surface area (Å²) in [6.07, 6.45) is 5.27. The molecule has 0 aliphatic heterocycles. The zero-order chi connectivity index (χ0) is 5.11. The second kappa shape index (κ2) is 1.64. The molecule has 0 atom stereocenters. The van der Waals surface area contributed by atoms with Crippen molar-refractivity contribution in [2.24, 2.45) is 0 Å². The number of rotatable bonds is 1. The second-order valence-corrected chi connectivity index (χ2v) is 1.15. The molecule has 1 aromatic heterocycles. The highest BCUT2D eigenvalue weighted by atomic mass is 16.6. The van der Waals surface area contributed by atoms with Crippen LogP contribution in [0.4, 0.5) is 0 Å². The summed E-state index contributed by atoms with van der Waals surface area (Å²) in [6.45, 7) is 0. The maximum atomic E-state index is 4.74. The van der Waals surface area contributed by atoms with Gasteiger partial charge in [-0.25, -0.2) is 4.98 Å². The van der Waals surface area contributed by atoms with Crippen LogP contribution in [-0.4, -0.2) is 12.1 Å². The molecular formula is C4H7N2O+. The fraction of sp³-hybridized carbons (Fsp3) is 0.250. The first-order valence-corrected chi connectivity index (χ1v) is 2.02. The molecule has 1 aromatic rings. The van der Waals surface area contributed by atoms with E-state index >= 15 is 0 Å². The van der Waals surface area contributed by atoms with Crippen LogP contribution >= 0.6 is 0 Å². The summed E-state index contributed by atoms with van der Waals surface area (Å²) in [4.78, 5) is 7.56. The highest BCUT2D eigenvalue weighted by molar-refractivity contribution is 4.53. The van der Waals surface area contributed by atoms with Gasteiger partial charge in [0, 0.05) is 0 Å². The van der Waals surface area contributed by atoms with Gasteiger partial charge in [0.15, 0.2) is 6.20 Å². The van der Waals surface area contributed by atoms with Gasteiger partial charge in [-0.05, 0) is 0 Å². The van der Waals surface area contributed by atoms with Crippen LogP contribution in [0.5, 0.6) is 0 Å². The molecule has 0 spiro atoms. The molecular weight excluding hydrogens is 92.1 g/mol. The number of aromatic amines is 1. The van der Waals surface area contributed by atoms with Crippen molar-refractivity contribution in [2.75, 3.05) is 7.11 Å². The van der Waals surface area contributed by atoms with Crippen molar-refractivity contribution in [3.05, 3.63) is 18.7 Å². The van der Waals surface area contributed by atoms with Gasteiger partial charge in [0.05, 0.1) is 0 Å². The fourth-order valence-corrected chi connectivity index (χ4v) is 0.390. The number of aromatic nitrogens is 2. The van der Waals surface area contributed by atoms with Crippen molar-refractivity contribution in [1.29, 1.82) is 0 Å². The van der Waals surface area contributed by atoms with E-state index in [1.54, 1.807) is 30.6 Å². The van der Waals surface area contributed by atoms with Gasteiger partial charge in [-0.2, -0.15) is 0 Å². The zero-order valence-corrected chi connectivity index (χ0v) is 4.09. The molecule has 3 heteroatoms. The maximum Gasteiger partial charge on any atom is 0.282 e. The summed E-state index contributed by atoms with van der Waals surface area (Å²) >= 11 is 0. The van der Waals surface area contributed by atoms with Gasteiger partial charge in [-0.1, -0.05) is 4.73 Å². The van der Waals surface area contributed by atoms with Gasteiger partial charge in [-0.3, -0.25) is 0 Å². The monoisotopic (exact) mass is 99.1 g/mol. The Balaban J connectivity index is 2.76. The minimum atomic E-state index is 1.57. The number of imidazole rings is 1. The average molecular weight is 99.1 g/mol. The van der Waals surface area contributed by atoms with Gasteiger partial charge in [0.2, 0.25) is 0 Å². The molecule has 1 heterocycles. The molecule has 0 saturated heterocycles. The van der Waals surface area contributed by atoms with Crippen LogP contribution in [0.3, 0.4) is 0 Å². The van der Waals surface area contributed by atoms with Gasteiger partial charge >= 0.3 is 0 Å². The molecule has 0 unspecified atom stereocenters. The summed E-state index contributed by atoms with van der Waals surface area (Å²) in [5.74, 6) is 0. The summed E-state index contributed by atoms with van der Waals surface area (Å²) < 4.78 is 1.57. The zero-order valence-electron chi connectivity index (χ0n) is 4.09. The number of nitrogens with one attached hydrogen (secondary N) is 1. The van der Waals surface area contributed by atoms with Crippen LogP contribution in [0.15, 0.2) is 18.7 Å². The van der Waals surface area contributed by atoms with Crippen molar-refractivity contribution in [3.63, 3.8) is 0 Å². The van der Waals surface area contributed by atoms with Gasteiger partial charge in [-0.15, -0.1) is 0 Å². The van der Waals surface area contributed by atoms with Crippen molar-refractivity contribution < 1.29 is 9.57 Å². The maximum absolute atomic E-state index is 4.74. The van der Waals surface area contributed by atoms with Gasteiger partial charge in [0.25, 0.3) is 6.33 Å². The molecule has 7 heavy (non-hydrogen) atoms. The minimum Gasteiger partial charge on any atom is -0.339 e. The summed E-state index contributed by atoms with van der Waals surface area (Å²) in [7, 11) is 1.60. The molecule has 0 aliphatic carbocycles. The average Bonchev–Trinajstić information content (AvgIpc) is 2.14. The number of H-pyrrole nitrogens is 1. The standard InChI is InChI=1S/C4H6N2O/c1-7-6-3-2-5-4-6/h2-4H,1H3/p+1. The summed E-state index contributed by atoms with van der Waals surface area (Å²) in [5, 5.41) is 0. The van der Waals surface area contributed by atoms with Gasteiger partial charge < -0.3 is 4.84 Å². The molecule has 1 rings (SSSR count). The molecule has 1 N–H and O–H groups in total. The van der Waals surface area contributed by atoms with Crippen LogP contribution in [0.25, 0.3) is 0 Å². The Morgan fingerprint density at radius 3 is 2.86 bits per heavy atom. The Hall–Kier alpha value is -0.990. The van der Waals surface area contributed by atoms with E-state index in [1.807, 2.05) is 0 Å². The normalized spacial score (nSPS) is 8.71. The van der Waals surface area contributed by atoms with E-state index in [1.165, 1.54) is 0 Å². The lowest BCUT2D eigenvalue weighted by Crippen LogP contribution is -2.37. The van der Waals surface area contributed by atoms with Crippen LogP contribution in [0.1, 0.15) is 0 Å².